The number of rotatable bonds is 12. The van der Waals surface area contributed by atoms with Crippen molar-refractivity contribution in [1.29, 1.82) is 0 Å². The molecule has 0 fully saturated rings. The fraction of sp³-hybridized carbons (Fsp3) is 0.259. The van der Waals surface area contributed by atoms with E-state index in [-0.39, 0.29) is 6.61 Å². The Morgan fingerprint density at radius 1 is 0.262 bits per heavy atom. The highest BCUT2D eigenvalue weighted by molar-refractivity contribution is 7.44. The number of hydrogen-bond donors (Lipinski definition) is 1. The lowest BCUT2D eigenvalue weighted by Crippen LogP contribution is -2.13. The molecule has 0 spiro atoms. The molecule has 0 unspecified atom stereocenters. The smallest absolute Gasteiger partial charge is 0.493 e. The lowest BCUT2D eigenvalue weighted by molar-refractivity contribution is 0.276. The monoisotopic (exact) mass is 1750 g/mol. The van der Waals surface area contributed by atoms with Gasteiger partial charge < -0.3 is 64.1 Å². The average molecular weight is 1750 g/mol. The second kappa shape index (κ2) is 35.1. The summed E-state index contributed by atoms with van der Waals surface area (Å²) in [6.07, 6.45) is 2.73. The Bertz CT molecular complexity index is 6130. The van der Waals surface area contributed by atoms with Crippen molar-refractivity contribution in [3.8, 4) is 97.0 Å². The molecule has 4 aliphatic rings. The number of methoxy groups -OCH3 is 1. The van der Waals surface area contributed by atoms with E-state index in [1.807, 2.05) is 77.9 Å². The summed E-state index contributed by atoms with van der Waals surface area (Å²) in [6.45, 7) is 46.1. The Kier molecular flexibility index (Phi) is 24.2. The van der Waals surface area contributed by atoms with E-state index in [1.165, 1.54) is 22.3 Å². The molecule has 0 atom stereocenters. The summed E-state index contributed by atoms with van der Waals surface area (Å²) in [5.41, 5.74) is 36.6. The van der Waals surface area contributed by atoms with Crippen LogP contribution in [0.4, 0.5) is 0 Å². The van der Waals surface area contributed by atoms with E-state index in [0.717, 1.165) is 223 Å². The molecule has 0 amide bonds. The summed E-state index contributed by atoms with van der Waals surface area (Å²) >= 11 is 0. The largest absolute Gasteiger partial charge is 0.530 e. The Hall–Kier alpha value is -11.3. The third-order valence-electron chi connectivity index (χ3n) is 25.9. The van der Waals surface area contributed by atoms with Crippen molar-refractivity contribution in [2.45, 2.75) is 185 Å². The molecule has 0 radical (unpaired) electrons. The number of hydrogen-bond acceptors (Lipinski definition) is 14. The number of aliphatic hydroxyl groups excluding tert-OH is 1. The standard InChI is InChI=1S/C58H56O6P2.C50H52O8P2/c1-31-25-35(5)47-29-48-36(6)26-32(2)40(10)56(48)62-65(61-55(47)39(31)9)59-51-23-21-43-17-13-15-19-45(43)53(51)54-46-20-16-14-18-44(46)22-24-52(54)60-66-63-57-41(11)33(3)27-37(7)49(57)30-50-38(8)28-34(4)42(12)58(50)64-66;1-27-20-37(26-51)49(57-59-53-45-33(7)16-12-29(3)38(45)24-39-30(4)13-17-34(8)46(39)54-59)42(21-27)43-22-28(2)23-44(52-11)50(43)58-60-55-47-35(9)18-14-31(5)40(47)25-41-32(6)15-19-36(10)48(41)56-60/h13-28H,29-30H2,1-12H3;12-23,51H,24-26H2,1-11H3. The number of ether oxygens (including phenoxy) is 1. The zero-order valence-electron chi connectivity index (χ0n) is 76.2. The van der Waals surface area contributed by atoms with Crippen molar-refractivity contribution in [2.75, 3.05) is 7.11 Å². The van der Waals surface area contributed by atoms with Crippen LogP contribution in [0.5, 0.6) is 74.7 Å². The zero-order valence-corrected chi connectivity index (χ0v) is 79.8. The molecule has 1 N–H and O–H groups in total. The first-order valence-corrected chi connectivity index (χ1v) is 47.4. The lowest BCUT2D eigenvalue weighted by Gasteiger charge is -2.30. The molecule has 0 aliphatic carbocycles. The normalized spacial score (nSPS) is 13.7. The quantitative estimate of drug-likeness (QED) is 0.116. The van der Waals surface area contributed by atoms with Crippen LogP contribution in [0.2, 0.25) is 0 Å². The van der Waals surface area contributed by atoms with Gasteiger partial charge in [0, 0.05) is 98.0 Å². The van der Waals surface area contributed by atoms with E-state index in [0.29, 0.717) is 71.1 Å². The van der Waals surface area contributed by atoms with Gasteiger partial charge in [-0.1, -0.05) is 140 Å². The van der Waals surface area contributed by atoms with Gasteiger partial charge >= 0.3 is 34.4 Å². The summed E-state index contributed by atoms with van der Waals surface area (Å²) in [5, 5.41) is 15.1. The van der Waals surface area contributed by atoms with E-state index >= 15 is 0 Å². The first-order valence-electron chi connectivity index (χ1n) is 43.0. The average Bonchev–Trinajstić information content (AvgIpc) is 0.744. The van der Waals surface area contributed by atoms with E-state index in [4.69, 9.17) is 59.0 Å². The predicted octanol–water partition coefficient (Wildman–Crippen LogP) is 30.0. The minimum atomic E-state index is -2.11. The van der Waals surface area contributed by atoms with Crippen LogP contribution in [0.25, 0.3) is 43.8 Å². The second-order valence-corrected chi connectivity index (χ2v) is 38.6. The summed E-state index contributed by atoms with van der Waals surface area (Å²) in [7, 11) is -6.68. The molecule has 18 heteroatoms. The molecule has 18 rings (SSSR count). The van der Waals surface area contributed by atoms with Crippen molar-refractivity contribution >= 4 is 56.0 Å². The maximum atomic E-state index is 11.0. The second-order valence-electron chi connectivity index (χ2n) is 34.6. The molecule has 4 aliphatic heterocycles. The fourth-order valence-electron chi connectivity index (χ4n) is 18.0. The number of benzene rings is 14. The van der Waals surface area contributed by atoms with Crippen molar-refractivity contribution < 1.29 is 64.1 Å². The van der Waals surface area contributed by atoms with Gasteiger partial charge in [0.25, 0.3) is 0 Å². The van der Waals surface area contributed by atoms with Crippen LogP contribution in [-0.2, 0) is 32.3 Å². The van der Waals surface area contributed by atoms with Gasteiger partial charge in [0.15, 0.2) is 11.5 Å². The van der Waals surface area contributed by atoms with Gasteiger partial charge in [0.1, 0.15) is 63.2 Å². The molecule has 14 nitrogen and oxygen atoms in total. The van der Waals surface area contributed by atoms with Crippen molar-refractivity contribution in [3.63, 3.8) is 0 Å². The highest BCUT2D eigenvalue weighted by Crippen LogP contribution is 2.61. The van der Waals surface area contributed by atoms with Gasteiger partial charge in [0.05, 0.1) is 13.7 Å². The number of fused-ring (bicyclic) bond motifs is 10. The highest BCUT2D eigenvalue weighted by atomic mass is 31.2. The third kappa shape index (κ3) is 16.4. The molecule has 0 bridgehead atoms. The summed E-state index contributed by atoms with van der Waals surface area (Å²) < 4.78 is 90.3. The Morgan fingerprint density at radius 2 is 0.540 bits per heavy atom. The van der Waals surface area contributed by atoms with Crippen LogP contribution < -0.4 is 59.0 Å². The maximum absolute atomic E-state index is 11.0. The Labute approximate surface area is 746 Å². The van der Waals surface area contributed by atoms with E-state index in [2.05, 4.69) is 244 Å². The maximum Gasteiger partial charge on any atom is 0.530 e. The first kappa shape index (κ1) is 86.8. The van der Waals surface area contributed by atoms with Gasteiger partial charge in [-0.15, -0.1) is 0 Å². The molecule has 14 aromatic carbocycles. The van der Waals surface area contributed by atoms with Crippen molar-refractivity contribution in [3.05, 3.63) is 342 Å². The fourth-order valence-corrected chi connectivity index (χ4v) is 23.0. The molecule has 126 heavy (non-hydrogen) atoms. The van der Waals surface area contributed by atoms with Crippen molar-refractivity contribution in [1.82, 2.24) is 0 Å². The molecule has 14 aromatic rings. The summed E-state index contributed by atoms with van der Waals surface area (Å²) in [6, 6.07) is 59.0. The van der Waals surface area contributed by atoms with Crippen molar-refractivity contribution in [2.24, 2.45) is 0 Å². The van der Waals surface area contributed by atoms with Gasteiger partial charge in [-0.3, -0.25) is 0 Å². The van der Waals surface area contributed by atoms with Crippen LogP contribution in [-0.4, -0.2) is 12.2 Å². The van der Waals surface area contributed by atoms with Gasteiger partial charge in [0.2, 0.25) is 0 Å². The van der Waals surface area contributed by atoms with Gasteiger partial charge in [-0.05, 0) is 327 Å². The molecule has 0 saturated carbocycles. The number of aliphatic hydroxyl groups is 1. The molecule has 0 aromatic heterocycles. The van der Waals surface area contributed by atoms with Crippen LogP contribution in [0, 0.1) is 152 Å². The van der Waals surface area contributed by atoms with Gasteiger partial charge in [-0.25, -0.2) is 0 Å². The van der Waals surface area contributed by atoms with Crippen LogP contribution in [0.3, 0.4) is 0 Å². The summed E-state index contributed by atoms with van der Waals surface area (Å²) in [5.74, 6) is 8.81. The van der Waals surface area contributed by atoms with Crippen LogP contribution in [0.15, 0.2) is 170 Å². The predicted molar refractivity (Wildman–Crippen MR) is 513 cm³/mol. The third-order valence-corrected chi connectivity index (χ3v) is 29.9. The van der Waals surface area contributed by atoms with Crippen LogP contribution >= 0.6 is 34.4 Å². The summed E-state index contributed by atoms with van der Waals surface area (Å²) in [4.78, 5) is 0. The Balaban J connectivity index is 0.000000179. The number of aryl methyl sites for hydroxylation is 18. The van der Waals surface area contributed by atoms with E-state index in [1.54, 1.807) is 7.11 Å². The SMILES string of the molecule is COc1cc(C)cc(-c2cc(C)cc(CO)c2OP2Oc3c(C)ccc(C)c3Cc3c(C)ccc(C)c3O2)c1OP1Oc2c(C)ccc(C)c2Cc2c(C)ccc(C)c2O1.Cc1cc(C)c2c(c1C)OP(Oc1ccc3ccccc3c1-c1c(OP3Oc4c(C)c(C)cc(C)c4Cc4c(C)cc(C)c(C)c4O3)ccc3ccccc13)Oc1c(C)c(C)cc(C)c1C2. The molecule has 644 valence electrons. The molecular weight excluding hydrogens is 1650 g/mol. The van der Waals surface area contributed by atoms with E-state index < -0.39 is 34.4 Å². The Morgan fingerprint density at radius 3 is 0.865 bits per heavy atom. The first-order chi connectivity index (χ1) is 60.4. The van der Waals surface area contributed by atoms with Crippen LogP contribution in [0.1, 0.15) is 172 Å². The topological polar surface area (TPSA) is 140 Å². The minimum absolute atomic E-state index is 0.292. The zero-order chi connectivity index (χ0) is 88.9. The highest BCUT2D eigenvalue weighted by Gasteiger charge is 2.39. The molecule has 4 heterocycles. The molecule has 0 saturated heterocycles. The minimum Gasteiger partial charge on any atom is -0.493 e. The van der Waals surface area contributed by atoms with Gasteiger partial charge in [-0.2, -0.15) is 0 Å². The lowest BCUT2D eigenvalue weighted by atomic mass is 9.90. The van der Waals surface area contributed by atoms with E-state index in [9.17, 15) is 5.11 Å². The molecular formula is C108H108O14P4.